The summed E-state index contributed by atoms with van der Waals surface area (Å²) in [5.41, 5.74) is 1.75. The summed E-state index contributed by atoms with van der Waals surface area (Å²) >= 11 is 7.15. The molecule has 30 heavy (non-hydrogen) atoms. The molecule has 154 valence electrons. The average molecular weight is 445 g/mol. The minimum atomic E-state index is -0.540. The van der Waals surface area contributed by atoms with Gasteiger partial charge in [0.2, 0.25) is 0 Å². The summed E-state index contributed by atoms with van der Waals surface area (Å²) in [5.74, 6) is -1.03. The topological polar surface area (TPSA) is 98.5 Å². The highest BCUT2D eigenvalue weighted by molar-refractivity contribution is 7.15. The van der Waals surface area contributed by atoms with E-state index in [1.165, 1.54) is 35.6 Å². The van der Waals surface area contributed by atoms with E-state index in [1.807, 2.05) is 6.92 Å². The number of carbonyl (C=O) groups is 2. The first kappa shape index (κ1) is 21.5. The van der Waals surface area contributed by atoms with Crippen molar-refractivity contribution in [1.29, 1.82) is 0 Å². The Bertz CT molecular complexity index is 1080. The Balaban J connectivity index is 1.93. The zero-order valence-electron chi connectivity index (χ0n) is 15.9. The maximum atomic E-state index is 12.7. The van der Waals surface area contributed by atoms with Crippen molar-refractivity contribution in [3.05, 3.63) is 80.2 Å². The lowest BCUT2D eigenvalue weighted by molar-refractivity contribution is -0.384. The van der Waals surface area contributed by atoms with E-state index in [2.05, 4.69) is 5.32 Å². The van der Waals surface area contributed by atoms with Gasteiger partial charge in [0.05, 0.1) is 11.5 Å². The molecule has 2 aromatic carbocycles. The van der Waals surface area contributed by atoms with Gasteiger partial charge in [0, 0.05) is 33.7 Å². The number of ether oxygens (including phenoxy) is 1. The van der Waals surface area contributed by atoms with Crippen LogP contribution in [-0.4, -0.2) is 23.4 Å². The lowest BCUT2D eigenvalue weighted by atomic mass is 10.0. The number of benzene rings is 2. The molecule has 9 heteroatoms. The number of non-ortho nitro benzene ring substituents is 1. The molecule has 1 amide bonds. The van der Waals surface area contributed by atoms with E-state index in [-0.39, 0.29) is 23.4 Å². The smallest absolute Gasteiger partial charge is 0.341 e. The molecule has 1 heterocycles. The van der Waals surface area contributed by atoms with Crippen LogP contribution in [0, 0.1) is 10.1 Å². The third kappa shape index (κ3) is 4.84. The van der Waals surface area contributed by atoms with Crippen LogP contribution >= 0.6 is 22.9 Å². The van der Waals surface area contributed by atoms with E-state index >= 15 is 0 Å². The number of hydrogen-bond donors (Lipinski definition) is 1. The van der Waals surface area contributed by atoms with Crippen LogP contribution in [0.1, 0.15) is 34.1 Å². The Morgan fingerprint density at radius 2 is 1.80 bits per heavy atom. The van der Waals surface area contributed by atoms with E-state index in [0.29, 0.717) is 22.0 Å². The predicted molar refractivity (Wildman–Crippen MR) is 116 cm³/mol. The predicted octanol–water partition coefficient (Wildman–Crippen LogP) is 5.80. The van der Waals surface area contributed by atoms with Gasteiger partial charge in [-0.3, -0.25) is 14.9 Å². The highest BCUT2D eigenvalue weighted by Gasteiger charge is 2.23. The van der Waals surface area contributed by atoms with Crippen molar-refractivity contribution in [2.24, 2.45) is 0 Å². The number of nitrogens with zero attached hydrogens (tertiary/aromatic N) is 1. The fourth-order valence-electron chi connectivity index (χ4n) is 2.67. The summed E-state index contributed by atoms with van der Waals surface area (Å²) in [6, 6.07) is 12.2. The number of hydrogen-bond acceptors (Lipinski definition) is 6. The Morgan fingerprint density at radius 1 is 1.13 bits per heavy atom. The minimum absolute atomic E-state index is 0.114. The zero-order chi connectivity index (χ0) is 21.7. The highest BCUT2D eigenvalue weighted by atomic mass is 35.5. The fourth-order valence-corrected chi connectivity index (χ4v) is 3.75. The molecule has 0 aliphatic rings. The molecule has 0 aliphatic heterocycles. The minimum Gasteiger partial charge on any atom is -0.462 e. The zero-order valence-corrected chi connectivity index (χ0v) is 17.5. The number of nitro groups is 1. The number of carbonyl (C=O) groups excluding carboxylic acids is 2. The van der Waals surface area contributed by atoms with Gasteiger partial charge in [-0.15, -0.1) is 11.3 Å². The van der Waals surface area contributed by atoms with Crippen LogP contribution in [0.25, 0.3) is 11.1 Å². The first-order valence-corrected chi connectivity index (χ1v) is 10.3. The number of amides is 1. The van der Waals surface area contributed by atoms with Crippen LogP contribution in [0.4, 0.5) is 10.7 Å². The molecule has 0 radical (unpaired) electrons. The average Bonchev–Trinajstić information content (AvgIpc) is 3.16. The van der Waals surface area contributed by atoms with Gasteiger partial charge >= 0.3 is 5.97 Å². The van der Waals surface area contributed by atoms with Crippen molar-refractivity contribution in [3.8, 4) is 11.1 Å². The summed E-state index contributed by atoms with van der Waals surface area (Å²) in [7, 11) is 0. The van der Waals surface area contributed by atoms with Gasteiger partial charge in [-0.25, -0.2) is 4.79 Å². The van der Waals surface area contributed by atoms with Crippen LogP contribution < -0.4 is 5.32 Å². The molecular formula is C21H17ClN2O5S. The van der Waals surface area contributed by atoms with Gasteiger partial charge in [0.15, 0.2) is 0 Å². The summed E-state index contributed by atoms with van der Waals surface area (Å²) in [4.78, 5) is 35.6. The summed E-state index contributed by atoms with van der Waals surface area (Å²) in [5, 5.41) is 16.2. The second-order valence-corrected chi connectivity index (χ2v) is 7.57. The molecule has 0 aliphatic carbocycles. The van der Waals surface area contributed by atoms with E-state index in [4.69, 9.17) is 16.3 Å². The largest absolute Gasteiger partial charge is 0.462 e. The maximum absolute atomic E-state index is 12.7. The lowest BCUT2D eigenvalue weighted by Crippen LogP contribution is -2.15. The molecule has 0 saturated carbocycles. The van der Waals surface area contributed by atoms with Crippen molar-refractivity contribution >= 4 is 45.5 Å². The van der Waals surface area contributed by atoms with Crippen LogP contribution in [-0.2, 0) is 4.74 Å². The SMILES string of the molecule is CCCOC(=O)c1c(-c2ccc(Cl)cc2)csc1NC(=O)c1ccc([N+](=O)[O-])cc1. The van der Waals surface area contributed by atoms with Crippen molar-refractivity contribution < 1.29 is 19.2 Å². The molecular weight excluding hydrogens is 428 g/mol. The molecule has 0 spiro atoms. The van der Waals surface area contributed by atoms with Crippen molar-refractivity contribution in [1.82, 2.24) is 0 Å². The van der Waals surface area contributed by atoms with Gasteiger partial charge in [0.1, 0.15) is 10.6 Å². The van der Waals surface area contributed by atoms with Gasteiger partial charge in [-0.05, 0) is 36.2 Å². The third-order valence-electron chi connectivity index (χ3n) is 4.16. The maximum Gasteiger partial charge on any atom is 0.341 e. The summed E-state index contributed by atoms with van der Waals surface area (Å²) in [6.45, 7) is 2.14. The number of esters is 1. The quantitative estimate of drug-likeness (QED) is 0.282. The molecule has 0 atom stereocenters. The Morgan fingerprint density at radius 3 is 2.40 bits per heavy atom. The first-order valence-electron chi connectivity index (χ1n) is 9.01. The number of nitro benzene ring substituents is 1. The molecule has 3 rings (SSSR count). The van der Waals surface area contributed by atoms with Crippen molar-refractivity contribution in [3.63, 3.8) is 0 Å². The van der Waals surface area contributed by atoms with Crippen LogP contribution in [0.2, 0.25) is 5.02 Å². The molecule has 1 aromatic heterocycles. The van der Waals surface area contributed by atoms with E-state index in [0.717, 1.165) is 5.56 Å². The highest BCUT2D eigenvalue weighted by Crippen LogP contribution is 2.37. The molecule has 0 fully saturated rings. The standard InChI is InChI=1S/C21H17ClN2O5S/c1-2-11-29-21(26)18-17(13-3-7-15(22)8-4-13)12-30-20(18)23-19(25)14-5-9-16(10-6-14)24(27)28/h3-10,12H,2,11H2,1H3,(H,23,25). The number of anilines is 1. The van der Waals surface area contributed by atoms with Crippen molar-refractivity contribution in [2.45, 2.75) is 13.3 Å². The molecule has 1 N–H and O–H groups in total. The number of halogens is 1. The van der Waals surface area contributed by atoms with Crippen LogP contribution in [0.3, 0.4) is 0 Å². The molecule has 0 bridgehead atoms. The summed E-state index contributed by atoms with van der Waals surface area (Å²) < 4.78 is 5.31. The van der Waals surface area contributed by atoms with Gasteiger partial charge < -0.3 is 10.1 Å². The summed E-state index contributed by atoms with van der Waals surface area (Å²) in [6.07, 6.45) is 0.663. The van der Waals surface area contributed by atoms with Gasteiger partial charge in [-0.1, -0.05) is 30.7 Å². The van der Waals surface area contributed by atoms with Gasteiger partial charge in [0.25, 0.3) is 11.6 Å². The number of nitrogens with one attached hydrogen (secondary N) is 1. The lowest BCUT2D eigenvalue weighted by Gasteiger charge is -2.09. The van der Waals surface area contributed by atoms with Crippen LogP contribution in [0.5, 0.6) is 0 Å². The van der Waals surface area contributed by atoms with E-state index < -0.39 is 16.8 Å². The first-order chi connectivity index (χ1) is 14.4. The van der Waals surface area contributed by atoms with E-state index in [1.54, 1.807) is 29.6 Å². The Labute approximate surface area is 181 Å². The Kier molecular flexibility index (Phi) is 6.81. The Hall–Kier alpha value is -3.23. The van der Waals surface area contributed by atoms with Crippen molar-refractivity contribution in [2.75, 3.05) is 11.9 Å². The fraction of sp³-hybridized carbons (Fsp3) is 0.143. The second-order valence-electron chi connectivity index (χ2n) is 6.25. The third-order valence-corrected chi connectivity index (χ3v) is 5.30. The normalized spacial score (nSPS) is 10.5. The monoisotopic (exact) mass is 444 g/mol. The van der Waals surface area contributed by atoms with Gasteiger partial charge in [-0.2, -0.15) is 0 Å². The second kappa shape index (κ2) is 9.51. The number of rotatable bonds is 7. The van der Waals surface area contributed by atoms with Crippen LogP contribution in [0.15, 0.2) is 53.9 Å². The molecule has 7 nitrogen and oxygen atoms in total. The molecule has 0 saturated heterocycles. The molecule has 0 unspecified atom stereocenters. The molecule has 3 aromatic rings. The van der Waals surface area contributed by atoms with E-state index in [9.17, 15) is 19.7 Å². The number of thiophene rings is 1.